The minimum atomic E-state index is -0.0883. The Morgan fingerprint density at radius 3 is 2.67 bits per heavy atom. The number of rotatable bonds is 4. The highest BCUT2D eigenvalue weighted by Crippen LogP contribution is 2.29. The third-order valence-electron chi connectivity index (χ3n) is 3.39. The molecule has 0 radical (unpaired) electrons. The van der Waals surface area contributed by atoms with Gasteiger partial charge in [0.25, 0.3) is 0 Å². The van der Waals surface area contributed by atoms with Crippen LogP contribution in [0.15, 0.2) is 6.07 Å². The van der Waals surface area contributed by atoms with Crippen LogP contribution in [0.5, 0.6) is 5.75 Å². The maximum absolute atomic E-state index is 6.32. The van der Waals surface area contributed by atoms with E-state index in [-0.39, 0.29) is 15.8 Å². The molecule has 0 unspecified atom stereocenters. The van der Waals surface area contributed by atoms with E-state index >= 15 is 0 Å². The summed E-state index contributed by atoms with van der Waals surface area (Å²) in [5.74, 6) is 0.469. The van der Waals surface area contributed by atoms with E-state index in [0.29, 0.717) is 12.4 Å². The normalized spacial score (nSPS) is 18.6. The van der Waals surface area contributed by atoms with E-state index in [1.165, 1.54) is 19.3 Å². The summed E-state index contributed by atoms with van der Waals surface area (Å²) < 4.78 is 5.59. The Morgan fingerprint density at radius 2 is 1.94 bits per heavy atom. The molecule has 100 valence electrons. The Balaban J connectivity index is 1.86. The van der Waals surface area contributed by atoms with Crippen molar-refractivity contribution in [1.29, 1.82) is 0 Å². The average molecular weight is 290 g/mol. The van der Waals surface area contributed by atoms with Crippen molar-refractivity contribution >= 4 is 23.2 Å². The molecule has 0 spiro atoms. The lowest BCUT2D eigenvalue weighted by molar-refractivity contribution is 0.214. The molecular weight excluding hydrogens is 273 g/mol. The third-order valence-corrected chi connectivity index (χ3v) is 3.84. The molecule has 4 nitrogen and oxygen atoms in total. The molecule has 1 heterocycles. The van der Waals surface area contributed by atoms with Crippen molar-refractivity contribution in [2.45, 2.75) is 44.1 Å². The van der Waals surface area contributed by atoms with E-state index in [1.54, 1.807) is 6.07 Å². The molecule has 0 amide bonds. The topological polar surface area (TPSA) is 61.0 Å². The lowest BCUT2D eigenvalue weighted by Gasteiger charge is -2.33. The van der Waals surface area contributed by atoms with Crippen molar-refractivity contribution in [2.24, 2.45) is 5.73 Å². The molecule has 2 N–H and O–H groups in total. The zero-order valence-corrected chi connectivity index (χ0v) is 11.7. The fourth-order valence-corrected chi connectivity index (χ4v) is 2.59. The number of nitrogens with zero attached hydrogens (tertiary/aromatic N) is 2. The minimum absolute atomic E-state index is 0.0883. The second kappa shape index (κ2) is 6.04. The zero-order chi connectivity index (χ0) is 13.0. The van der Waals surface area contributed by atoms with Crippen LogP contribution in [0.2, 0.25) is 10.3 Å². The van der Waals surface area contributed by atoms with Gasteiger partial charge in [-0.1, -0.05) is 42.5 Å². The van der Waals surface area contributed by atoms with Crippen molar-refractivity contribution < 1.29 is 4.74 Å². The number of hydrogen-bond donors (Lipinski definition) is 1. The lowest BCUT2D eigenvalue weighted by Crippen LogP contribution is -2.42. The summed E-state index contributed by atoms with van der Waals surface area (Å²) in [4.78, 5) is 0. The van der Waals surface area contributed by atoms with Gasteiger partial charge in [0.15, 0.2) is 16.1 Å². The molecule has 0 aromatic carbocycles. The summed E-state index contributed by atoms with van der Waals surface area (Å²) in [6.45, 7) is 0.526. The van der Waals surface area contributed by atoms with Crippen molar-refractivity contribution in [3.63, 3.8) is 0 Å². The average Bonchev–Trinajstić information content (AvgIpc) is 2.34. The van der Waals surface area contributed by atoms with Gasteiger partial charge in [-0.3, -0.25) is 0 Å². The van der Waals surface area contributed by atoms with E-state index < -0.39 is 0 Å². The van der Waals surface area contributed by atoms with Gasteiger partial charge in [0.05, 0.1) is 6.61 Å². The van der Waals surface area contributed by atoms with Crippen LogP contribution in [0.25, 0.3) is 0 Å². The zero-order valence-electron chi connectivity index (χ0n) is 10.2. The van der Waals surface area contributed by atoms with Crippen molar-refractivity contribution in [2.75, 3.05) is 6.61 Å². The molecule has 1 aliphatic rings. The highest BCUT2D eigenvalue weighted by molar-refractivity contribution is 6.32. The molecule has 6 heteroatoms. The summed E-state index contributed by atoms with van der Waals surface area (Å²) in [7, 11) is 0. The van der Waals surface area contributed by atoms with E-state index in [2.05, 4.69) is 10.2 Å². The summed E-state index contributed by atoms with van der Waals surface area (Å²) >= 11 is 11.6. The maximum Gasteiger partial charge on any atom is 0.193 e. The van der Waals surface area contributed by atoms with Gasteiger partial charge in [-0.2, -0.15) is 0 Å². The summed E-state index contributed by atoms with van der Waals surface area (Å²) in [6.07, 6.45) is 6.66. The fraction of sp³-hybridized carbons (Fsp3) is 0.667. The second-order valence-corrected chi connectivity index (χ2v) is 5.59. The van der Waals surface area contributed by atoms with E-state index in [4.69, 9.17) is 33.7 Å². The number of aromatic nitrogens is 2. The van der Waals surface area contributed by atoms with Crippen LogP contribution in [-0.4, -0.2) is 22.3 Å². The molecule has 1 saturated carbocycles. The van der Waals surface area contributed by atoms with E-state index in [9.17, 15) is 0 Å². The third kappa shape index (κ3) is 3.70. The highest BCUT2D eigenvalue weighted by Gasteiger charge is 2.27. The molecule has 0 atom stereocenters. The predicted molar refractivity (Wildman–Crippen MR) is 72.2 cm³/mol. The minimum Gasteiger partial charge on any atom is -0.490 e. The number of hydrogen-bond acceptors (Lipinski definition) is 4. The molecule has 2 rings (SSSR count). The molecule has 1 fully saturated rings. The fourth-order valence-electron chi connectivity index (χ4n) is 2.31. The first kappa shape index (κ1) is 13.8. The van der Waals surface area contributed by atoms with Gasteiger partial charge < -0.3 is 10.5 Å². The molecule has 1 aromatic rings. The first-order valence-corrected chi connectivity index (χ1v) is 6.95. The summed E-state index contributed by atoms with van der Waals surface area (Å²) in [5.41, 5.74) is 6.24. The van der Waals surface area contributed by atoms with Crippen molar-refractivity contribution in [1.82, 2.24) is 10.2 Å². The Morgan fingerprint density at radius 1 is 1.22 bits per heavy atom. The maximum atomic E-state index is 6.32. The van der Waals surface area contributed by atoms with Crippen molar-refractivity contribution in [3.8, 4) is 5.75 Å². The van der Waals surface area contributed by atoms with E-state index in [1.807, 2.05) is 0 Å². The first-order valence-electron chi connectivity index (χ1n) is 6.19. The van der Waals surface area contributed by atoms with Gasteiger partial charge in [0.2, 0.25) is 0 Å². The Bertz CT molecular complexity index is 408. The standard InChI is InChI=1S/C12H17Cl2N3O/c13-10-8-9(11(14)17-16-10)18-7-6-12(15)4-2-1-3-5-12/h8H,1-7,15H2. The van der Waals surface area contributed by atoms with Gasteiger partial charge in [0, 0.05) is 11.6 Å². The number of halogens is 2. The first-order chi connectivity index (χ1) is 8.59. The second-order valence-electron chi connectivity index (χ2n) is 4.84. The quantitative estimate of drug-likeness (QED) is 0.925. The lowest BCUT2D eigenvalue weighted by atomic mass is 9.80. The van der Waals surface area contributed by atoms with Crippen LogP contribution < -0.4 is 10.5 Å². The van der Waals surface area contributed by atoms with Crippen LogP contribution >= 0.6 is 23.2 Å². The number of nitrogens with two attached hydrogens (primary N) is 1. The van der Waals surface area contributed by atoms with Gasteiger partial charge in [-0.25, -0.2) is 0 Å². The monoisotopic (exact) mass is 289 g/mol. The SMILES string of the molecule is NC1(CCOc2cc(Cl)nnc2Cl)CCCCC1. The Kier molecular flexibility index (Phi) is 4.65. The molecular formula is C12H17Cl2N3O. The van der Waals surface area contributed by atoms with E-state index in [0.717, 1.165) is 19.3 Å². The molecule has 1 aromatic heterocycles. The van der Waals surface area contributed by atoms with Crippen molar-refractivity contribution in [3.05, 3.63) is 16.4 Å². The summed E-state index contributed by atoms with van der Waals surface area (Å²) in [5, 5.41) is 7.82. The smallest absolute Gasteiger partial charge is 0.193 e. The molecule has 0 saturated heterocycles. The number of ether oxygens (including phenoxy) is 1. The van der Waals surface area contributed by atoms with Gasteiger partial charge in [0.1, 0.15) is 0 Å². The highest BCUT2D eigenvalue weighted by atomic mass is 35.5. The van der Waals surface area contributed by atoms with Gasteiger partial charge >= 0.3 is 0 Å². The summed E-state index contributed by atoms with van der Waals surface area (Å²) in [6, 6.07) is 1.57. The van der Waals surface area contributed by atoms with Crippen LogP contribution in [0.3, 0.4) is 0 Å². The molecule has 0 aliphatic heterocycles. The Labute approximate surface area is 117 Å². The van der Waals surface area contributed by atoms with Crippen LogP contribution in [0.1, 0.15) is 38.5 Å². The molecule has 1 aliphatic carbocycles. The Hall–Kier alpha value is -0.580. The predicted octanol–water partition coefficient (Wildman–Crippen LogP) is 3.21. The van der Waals surface area contributed by atoms with Crippen LogP contribution in [0, 0.1) is 0 Å². The molecule has 0 bridgehead atoms. The van der Waals surface area contributed by atoms with Crippen LogP contribution in [-0.2, 0) is 0 Å². The van der Waals surface area contributed by atoms with Gasteiger partial charge in [-0.05, 0) is 19.3 Å². The largest absolute Gasteiger partial charge is 0.490 e. The van der Waals surface area contributed by atoms with Crippen LogP contribution in [0.4, 0.5) is 0 Å². The van der Waals surface area contributed by atoms with Gasteiger partial charge in [-0.15, -0.1) is 10.2 Å². The molecule has 18 heavy (non-hydrogen) atoms.